The Morgan fingerprint density at radius 1 is 1.32 bits per heavy atom. The first-order valence-electron chi connectivity index (χ1n) is 9.33. The second kappa shape index (κ2) is 9.44. The number of rotatable bonds is 5. The molecule has 25 heavy (non-hydrogen) atoms. The summed E-state index contributed by atoms with van der Waals surface area (Å²) in [6.07, 6.45) is 5.24. The molecule has 2 aliphatic heterocycles. The molecule has 4 nitrogen and oxygen atoms in total. The predicted octanol–water partition coefficient (Wildman–Crippen LogP) is 3.81. The van der Waals surface area contributed by atoms with Crippen LogP contribution >= 0.6 is 12.4 Å². The first-order valence-corrected chi connectivity index (χ1v) is 9.33. The van der Waals surface area contributed by atoms with Gasteiger partial charge in [0, 0.05) is 13.0 Å². The summed E-state index contributed by atoms with van der Waals surface area (Å²) < 4.78 is 5.34. The molecule has 2 saturated heterocycles. The first-order chi connectivity index (χ1) is 11.7. The van der Waals surface area contributed by atoms with E-state index in [4.69, 9.17) is 4.74 Å². The smallest absolute Gasteiger partial charge is 0.223 e. The SMILES string of the molecule is COc1cccc(C2CCCN2C(=O)CC(C)C2CCNCC2)c1.Cl. The molecule has 1 amide bonds. The second-order valence-corrected chi connectivity index (χ2v) is 7.29. The molecule has 0 spiro atoms. The van der Waals surface area contributed by atoms with Gasteiger partial charge in [0.1, 0.15) is 5.75 Å². The summed E-state index contributed by atoms with van der Waals surface area (Å²) in [4.78, 5) is 15.0. The summed E-state index contributed by atoms with van der Waals surface area (Å²) in [5.41, 5.74) is 1.20. The normalized spacial score (nSPS) is 22.3. The van der Waals surface area contributed by atoms with E-state index in [0.717, 1.165) is 38.2 Å². The Kier molecular flexibility index (Phi) is 7.57. The molecule has 1 aromatic rings. The molecule has 140 valence electrons. The maximum Gasteiger partial charge on any atom is 0.223 e. The van der Waals surface area contributed by atoms with Crippen LogP contribution in [-0.2, 0) is 4.79 Å². The zero-order chi connectivity index (χ0) is 16.9. The fourth-order valence-corrected chi connectivity index (χ4v) is 4.23. The van der Waals surface area contributed by atoms with E-state index in [1.165, 1.54) is 18.4 Å². The Hall–Kier alpha value is -1.26. The molecule has 0 radical (unpaired) electrons. The lowest BCUT2D eigenvalue weighted by atomic mass is 9.84. The van der Waals surface area contributed by atoms with Crippen LogP contribution in [-0.4, -0.2) is 37.6 Å². The van der Waals surface area contributed by atoms with Gasteiger partial charge in [-0.3, -0.25) is 4.79 Å². The Morgan fingerprint density at radius 3 is 2.80 bits per heavy atom. The molecule has 2 unspecified atom stereocenters. The van der Waals surface area contributed by atoms with E-state index >= 15 is 0 Å². The Bertz CT molecular complexity index is 560. The van der Waals surface area contributed by atoms with E-state index < -0.39 is 0 Å². The second-order valence-electron chi connectivity index (χ2n) is 7.29. The summed E-state index contributed by atoms with van der Waals surface area (Å²) >= 11 is 0. The van der Waals surface area contributed by atoms with Gasteiger partial charge in [-0.15, -0.1) is 12.4 Å². The van der Waals surface area contributed by atoms with Crippen LogP contribution in [0.3, 0.4) is 0 Å². The van der Waals surface area contributed by atoms with Crippen molar-refractivity contribution in [3.05, 3.63) is 29.8 Å². The minimum atomic E-state index is 0. The molecule has 2 aliphatic rings. The fraction of sp³-hybridized carbons (Fsp3) is 0.650. The molecule has 1 aromatic carbocycles. The number of methoxy groups -OCH3 is 1. The zero-order valence-corrected chi connectivity index (χ0v) is 16.2. The standard InChI is InChI=1S/C20H30N2O2.ClH/c1-15(16-8-10-21-11-9-16)13-20(23)22-12-4-7-19(22)17-5-3-6-18(14-17)24-2;/h3,5-6,14-16,19,21H,4,7-13H2,1-2H3;1H. The van der Waals surface area contributed by atoms with Gasteiger partial charge in [-0.2, -0.15) is 0 Å². The average molecular weight is 367 g/mol. The van der Waals surface area contributed by atoms with Crippen molar-refractivity contribution in [2.45, 2.75) is 45.1 Å². The minimum Gasteiger partial charge on any atom is -0.497 e. The number of piperidine rings is 1. The molecule has 0 aromatic heterocycles. The number of hydrogen-bond acceptors (Lipinski definition) is 3. The maximum atomic E-state index is 12.9. The quantitative estimate of drug-likeness (QED) is 0.861. The topological polar surface area (TPSA) is 41.6 Å². The van der Waals surface area contributed by atoms with Gasteiger partial charge in [-0.1, -0.05) is 19.1 Å². The molecule has 2 fully saturated rings. The lowest BCUT2D eigenvalue weighted by molar-refractivity contribution is -0.133. The van der Waals surface area contributed by atoms with Crippen molar-refractivity contribution in [3.63, 3.8) is 0 Å². The van der Waals surface area contributed by atoms with Crippen LogP contribution in [0.15, 0.2) is 24.3 Å². The number of nitrogens with zero attached hydrogens (tertiary/aromatic N) is 1. The van der Waals surface area contributed by atoms with Crippen LogP contribution in [0.2, 0.25) is 0 Å². The van der Waals surface area contributed by atoms with Crippen molar-refractivity contribution in [1.29, 1.82) is 0 Å². The summed E-state index contributed by atoms with van der Waals surface area (Å²) in [6.45, 7) is 5.34. The van der Waals surface area contributed by atoms with Gasteiger partial charge in [-0.25, -0.2) is 0 Å². The van der Waals surface area contributed by atoms with Crippen molar-refractivity contribution in [2.75, 3.05) is 26.7 Å². The van der Waals surface area contributed by atoms with E-state index in [1.54, 1.807) is 7.11 Å². The number of halogens is 1. The minimum absolute atomic E-state index is 0. The van der Waals surface area contributed by atoms with Crippen molar-refractivity contribution >= 4 is 18.3 Å². The van der Waals surface area contributed by atoms with E-state index in [0.29, 0.717) is 24.2 Å². The lowest BCUT2D eigenvalue weighted by Gasteiger charge is -2.31. The first kappa shape index (κ1) is 20.1. The predicted molar refractivity (Wildman–Crippen MR) is 103 cm³/mol. The molecule has 2 atom stereocenters. The van der Waals surface area contributed by atoms with Gasteiger partial charge in [0.2, 0.25) is 5.91 Å². The fourth-order valence-electron chi connectivity index (χ4n) is 4.23. The number of likely N-dealkylation sites (tertiary alicyclic amines) is 1. The number of benzene rings is 1. The van der Waals surface area contributed by atoms with Crippen LogP contribution in [0.4, 0.5) is 0 Å². The summed E-state index contributed by atoms with van der Waals surface area (Å²) in [7, 11) is 1.69. The van der Waals surface area contributed by atoms with E-state index in [2.05, 4.69) is 29.3 Å². The third-order valence-electron chi connectivity index (χ3n) is 5.74. The highest BCUT2D eigenvalue weighted by Gasteiger charge is 2.32. The molecule has 0 bridgehead atoms. The molecule has 0 aliphatic carbocycles. The van der Waals surface area contributed by atoms with Gasteiger partial charge >= 0.3 is 0 Å². The van der Waals surface area contributed by atoms with Crippen molar-refractivity contribution in [2.24, 2.45) is 11.8 Å². The van der Waals surface area contributed by atoms with Crippen LogP contribution < -0.4 is 10.1 Å². The van der Waals surface area contributed by atoms with Gasteiger partial charge in [0.05, 0.1) is 13.2 Å². The molecule has 5 heteroatoms. The van der Waals surface area contributed by atoms with Gasteiger partial charge in [0.25, 0.3) is 0 Å². The Balaban J connectivity index is 0.00000225. The zero-order valence-electron chi connectivity index (χ0n) is 15.4. The van der Waals surface area contributed by atoms with Crippen molar-refractivity contribution in [1.82, 2.24) is 10.2 Å². The third kappa shape index (κ3) is 4.89. The number of nitrogens with one attached hydrogen (secondary N) is 1. The Morgan fingerprint density at radius 2 is 2.08 bits per heavy atom. The average Bonchev–Trinajstić information content (AvgIpc) is 3.12. The van der Waals surface area contributed by atoms with Crippen LogP contribution in [0, 0.1) is 11.8 Å². The van der Waals surface area contributed by atoms with Gasteiger partial charge in [0.15, 0.2) is 0 Å². The highest BCUT2D eigenvalue weighted by Crippen LogP contribution is 2.35. The summed E-state index contributed by atoms with van der Waals surface area (Å²) in [5, 5.41) is 3.41. The number of carbonyl (C=O) groups excluding carboxylic acids is 1. The van der Waals surface area contributed by atoms with Crippen LogP contribution in [0.1, 0.15) is 50.6 Å². The van der Waals surface area contributed by atoms with Crippen molar-refractivity contribution < 1.29 is 9.53 Å². The monoisotopic (exact) mass is 366 g/mol. The molecular formula is C20H31ClN2O2. The summed E-state index contributed by atoms with van der Waals surface area (Å²) in [6, 6.07) is 8.39. The number of carbonyl (C=O) groups is 1. The molecule has 3 rings (SSSR count). The van der Waals surface area contributed by atoms with Gasteiger partial charge in [-0.05, 0) is 68.3 Å². The third-order valence-corrected chi connectivity index (χ3v) is 5.74. The number of ether oxygens (including phenoxy) is 1. The molecular weight excluding hydrogens is 336 g/mol. The molecule has 2 heterocycles. The van der Waals surface area contributed by atoms with Crippen LogP contribution in [0.25, 0.3) is 0 Å². The maximum absolute atomic E-state index is 12.9. The Labute approximate surface area is 157 Å². The highest BCUT2D eigenvalue weighted by atomic mass is 35.5. The van der Waals surface area contributed by atoms with E-state index in [-0.39, 0.29) is 18.4 Å². The molecule has 1 N–H and O–H groups in total. The van der Waals surface area contributed by atoms with Gasteiger partial charge < -0.3 is 15.0 Å². The number of hydrogen-bond donors (Lipinski definition) is 1. The lowest BCUT2D eigenvalue weighted by Crippen LogP contribution is -2.35. The van der Waals surface area contributed by atoms with Crippen LogP contribution in [0.5, 0.6) is 5.75 Å². The number of amides is 1. The highest BCUT2D eigenvalue weighted by molar-refractivity contribution is 5.85. The van der Waals surface area contributed by atoms with E-state index in [1.807, 2.05) is 12.1 Å². The molecule has 0 saturated carbocycles. The largest absolute Gasteiger partial charge is 0.497 e. The van der Waals surface area contributed by atoms with E-state index in [9.17, 15) is 4.79 Å². The summed E-state index contributed by atoms with van der Waals surface area (Å²) in [5.74, 6) is 2.36. The van der Waals surface area contributed by atoms with Crippen molar-refractivity contribution in [3.8, 4) is 5.75 Å².